The summed E-state index contributed by atoms with van der Waals surface area (Å²) in [5.41, 5.74) is 2.02. The topological polar surface area (TPSA) is 85.6 Å². The molecule has 0 aliphatic carbocycles. The van der Waals surface area contributed by atoms with Crippen LogP contribution in [0.5, 0.6) is 0 Å². The summed E-state index contributed by atoms with van der Waals surface area (Å²) >= 11 is 1.55. The second-order valence-corrected chi connectivity index (χ2v) is 6.96. The van der Waals surface area contributed by atoms with Gasteiger partial charge in [0.2, 0.25) is 5.91 Å². The van der Waals surface area contributed by atoms with Crippen LogP contribution in [-0.4, -0.2) is 31.1 Å². The highest BCUT2D eigenvalue weighted by Crippen LogP contribution is 2.25. The molecule has 2 aromatic heterocycles. The van der Waals surface area contributed by atoms with Gasteiger partial charge in [0.25, 0.3) is 0 Å². The van der Waals surface area contributed by atoms with E-state index >= 15 is 0 Å². The molecule has 1 unspecified atom stereocenters. The lowest BCUT2D eigenvalue weighted by atomic mass is 10.0. The van der Waals surface area contributed by atoms with Crippen LogP contribution in [0.1, 0.15) is 36.0 Å². The summed E-state index contributed by atoms with van der Waals surface area (Å²) in [6, 6.07) is 10.0. The highest BCUT2D eigenvalue weighted by Gasteiger charge is 2.28. The van der Waals surface area contributed by atoms with Crippen molar-refractivity contribution in [3.05, 3.63) is 46.5 Å². The number of nitrogens with one attached hydrogen (secondary N) is 1. The van der Waals surface area contributed by atoms with Gasteiger partial charge >= 0.3 is 0 Å². The first kappa shape index (κ1) is 15.9. The van der Waals surface area contributed by atoms with Gasteiger partial charge in [0, 0.05) is 17.5 Å². The summed E-state index contributed by atoms with van der Waals surface area (Å²) < 4.78 is 1.74. The first-order chi connectivity index (χ1) is 12.3. The lowest BCUT2D eigenvalue weighted by Crippen LogP contribution is -2.30. The molecule has 1 N–H and O–H groups in total. The van der Waals surface area contributed by atoms with Crippen molar-refractivity contribution in [3.63, 3.8) is 0 Å². The number of nitrogens with zero attached hydrogens (tertiary/aromatic N) is 5. The first-order valence-corrected chi connectivity index (χ1v) is 9.23. The Morgan fingerprint density at radius 3 is 3.04 bits per heavy atom. The van der Waals surface area contributed by atoms with Crippen molar-refractivity contribution in [1.29, 1.82) is 0 Å². The largest absolute Gasteiger partial charge is 0.349 e. The van der Waals surface area contributed by atoms with Gasteiger partial charge in [-0.25, -0.2) is 9.67 Å². The van der Waals surface area contributed by atoms with E-state index in [1.807, 2.05) is 35.7 Å². The molecule has 1 aliphatic rings. The fourth-order valence-corrected chi connectivity index (χ4v) is 3.77. The summed E-state index contributed by atoms with van der Waals surface area (Å²) in [5, 5.41) is 17.6. The molecule has 8 heteroatoms. The van der Waals surface area contributed by atoms with Crippen molar-refractivity contribution in [2.75, 3.05) is 0 Å². The fourth-order valence-electron chi connectivity index (χ4n) is 3.03. The zero-order valence-corrected chi connectivity index (χ0v) is 14.4. The van der Waals surface area contributed by atoms with Crippen LogP contribution in [0, 0.1) is 0 Å². The highest BCUT2D eigenvalue weighted by molar-refractivity contribution is 7.09. The van der Waals surface area contributed by atoms with E-state index in [1.165, 1.54) is 0 Å². The average molecular weight is 354 g/mol. The second-order valence-electron chi connectivity index (χ2n) is 6.02. The second kappa shape index (κ2) is 7.10. The Kier molecular flexibility index (Phi) is 4.51. The molecule has 0 saturated carbocycles. The predicted molar refractivity (Wildman–Crippen MR) is 93.8 cm³/mol. The number of carbonyl (C=O) groups excluding carboxylic acids is 1. The maximum Gasteiger partial charge on any atom is 0.231 e. The molecule has 0 radical (unpaired) electrons. The third-order valence-corrected chi connectivity index (χ3v) is 5.18. The number of rotatable bonds is 4. The monoisotopic (exact) mass is 354 g/mol. The highest BCUT2D eigenvalue weighted by atomic mass is 32.1. The molecule has 0 fully saturated rings. The molecule has 4 rings (SSSR count). The van der Waals surface area contributed by atoms with Crippen molar-refractivity contribution in [2.24, 2.45) is 0 Å². The fraction of sp³-hybridized carbons (Fsp3) is 0.353. The maximum absolute atomic E-state index is 12.6. The van der Waals surface area contributed by atoms with Crippen molar-refractivity contribution < 1.29 is 4.79 Å². The molecule has 3 heterocycles. The van der Waals surface area contributed by atoms with E-state index in [1.54, 1.807) is 16.0 Å². The number of carbonyl (C=O) groups is 1. The molecule has 0 bridgehead atoms. The van der Waals surface area contributed by atoms with Gasteiger partial charge in [0.15, 0.2) is 5.82 Å². The van der Waals surface area contributed by atoms with Crippen molar-refractivity contribution in [2.45, 2.75) is 38.3 Å². The maximum atomic E-state index is 12.6. The molecule has 1 atom stereocenters. The summed E-state index contributed by atoms with van der Waals surface area (Å²) in [4.78, 5) is 17.2. The van der Waals surface area contributed by atoms with Crippen LogP contribution >= 0.6 is 11.3 Å². The van der Waals surface area contributed by atoms with Crippen molar-refractivity contribution in [3.8, 4) is 11.3 Å². The summed E-state index contributed by atoms with van der Waals surface area (Å²) in [6.07, 6.45) is 2.76. The van der Waals surface area contributed by atoms with Crippen LogP contribution in [0.4, 0.5) is 0 Å². The molecule has 1 aliphatic heterocycles. The molecule has 7 nitrogen and oxygen atoms in total. The molecular weight excluding hydrogens is 336 g/mol. The number of thiazole rings is 1. The van der Waals surface area contributed by atoms with Gasteiger partial charge in [-0.05, 0) is 23.3 Å². The Labute approximate surface area is 149 Å². The van der Waals surface area contributed by atoms with Gasteiger partial charge in [0.05, 0.1) is 18.2 Å². The number of aryl methyl sites for hydroxylation is 1. The van der Waals surface area contributed by atoms with E-state index < -0.39 is 0 Å². The SMILES string of the molecule is O=C(NCc1nc(-c2ccccc2)cs1)C1CCCCn2nnnc21. The van der Waals surface area contributed by atoms with Gasteiger partial charge in [-0.3, -0.25) is 4.79 Å². The molecule has 0 spiro atoms. The minimum atomic E-state index is -0.286. The number of benzene rings is 1. The first-order valence-electron chi connectivity index (χ1n) is 8.35. The number of aromatic nitrogens is 5. The number of hydrogen-bond acceptors (Lipinski definition) is 6. The smallest absolute Gasteiger partial charge is 0.231 e. The Morgan fingerprint density at radius 2 is 2.16 bits per heavy atom. The summed E-state index contributed by atoms with van der Waals surface area (Å²) in [5.74, 6) is 0.347. The number of amides is 1. The van der Waals surface area contributed by atoms with Gasteiger partial charge in [0.1, 0.15) is 5.01 Å². The number of tetrazole rings is 1. The number of hydrogen-bond donors (Lipinski definition) is 1. The van der Waals surface area contributed by atoms with Gasteiger partial charge in [-0.1, -0.05) is 36.8 Å². The minimum absolute atomic E-state index is 0.0330. The molecule has 1 amide bonds. The predicted octanol–water partition coefficient (Wildman–Crippen LogP) is 2.38. The van der Waals surface area contributed by atoms with Crippen LogP contribution < -0.4 is 5.32 Å². The summed E-state index contributed by atoms with van der Waals surface area (Å²) in [6.45, 7) is 1.20. The van der Waals surface area contributed by atoms with E-state index in [-0.39, 0.29) is 11.8 Å². The molecular formula is C17H18N6OS. The lowest BCUT2D eigenvalue weighted by molar-refractivity contribution is -0.123. The molecule has 128 valence electrons. The molecule has 0 saturated heterocycles. The third-order valence-electron chi connectivity index (χ3n) is 4.34. The Bertz CT molecular complexity index is 859. The average Bonchev–Trinajstić information content (AvgIpc) is 3.26. The molecule has 1 aromatic carbocycles. The Hall–Kier alpha value is -2.61. The third kappa shape index (κ3) is 3.43. The molecule has 3 aromatic rings. The van der Waals surface area contributed by atoms with Gasteiger partial charge in [-0.15, -0.1) is 16.4 Å². The Morgan fingerprint density at radius 1 is 1.28 bits per heavy atom. The van der Waals surface area contributed by atoms with E-state index in [0.717, 1.165) is 42.1 Å². The molecule has 25 heavy (non-hydrogen) atoms. The lowest BCUT2D eigenvalue weighted by Gasteiger charge is -2.12. The zero-order valence-electron chi connectivity index (χ0n) is 13.6. The normalized spacial score (nSPS) is 16.9. The number of fused-ring (bicyclic) bond motifs is 1. The van der Waals surface area contributed by atoms with E-state index in [2.05, 4.69) is 25.8 Å². The zero-order chi connectivity index (χ0) is 17.1. The van der Waals surface area contributed by atoms with E-state index in [4.69, 9.17) is 0 Å². The van der Waals surface area contributed by atoms with Gasteiger partial charge in [-0.2, -0.15) is 0 Å². The van der Waals surface area contributed by atoms with Crippen LogP contribution in [0.15, 0.2) is 35.7 Å². The van der Waals surface area contributed by atoms with E-state index in [0.29, 0.717) is 12.4 Å². The standard InChI is InChI=1S/C17H18N6OS/c24-17(13-8-4-5-9-23-16(13)20-21-22-23)18-10-15-19-14(11-25-15)12-6-2-1-3-7-12/h1-3,6-7,11,13H,4-5,8-10H2,(H,18,24). The quantitative estimate of drug-likeness (QED) is 0.777. The Balaban J connectivity index is 1.42. The van der Waals surface area contributed by atoms with Crippen LogP contribution in [0.25, 0.3) is 11.3 Å². The van der Waals surface area contributed by atoms with Crippen LogP contribution in [0.3, 0.4) is 0 Å². The van der Waals surface area contributed by atoms with Crippen LogP contribution in [-0.2, 0) is 17.9 Å². The van der Waals surface area contributed by atoms with Crippen LogP contribution in [0.2, 0.25) is 0 Å². The van der Waals surface area contributed by atoms with Crippen molar-refractivity contribution in [1.82, 2.24) is 30.5 Å². The van der Waals surface area contributed by atoms with Gasteiger partial charge < -0.3 is 5.32 Å². The minimum Gasteiger partial charge on any atom is -0.349 e. The van der Waals surface area contributed by atoms with Crippen molar-refractivity contribution >= 4 is 17.2 Å². The summed E-state index contributed by atoms with van der Waals surface area (Å²) in [7, 11) is 0. The van der Waals surface area contributed by atoms with E-state index in [9.17, 15) is 4.79 Å².